The Morgan fingerprint density at radius 1 is 0.797 bits per heavy atom. The number of benzene rings is 3. The highest BCUT2D eigenvalue weighted by atomic mass is 32.1. The van der Waals surface area contributed by atoms with Gasteiger partial charge in [0.25, 0.3) is 0 Å². The molecule has 18 heteroatoms. The average molecular weight is 974 g/mol. The Hall–Kier alpha value is -5.53. The molecule has 15 nitrogen and oxygen atoms in total. The number of nitrogens with zero attached hydrogens (tertiary/aromatic N) is 3. The number of ether oxygens (including phenoxy) is 4. The number of likely N-dealkylation sites (tertiary alicyclic amines) is 1. The average Bonchev–Trinajstić information content (AvgIpc) is 4.10. The van der Waals surface area contributed by atoms with Gasteiger partial charge >= 0.3 is 0 Å². The Kier molecular flexibility index (Phi) is 19.3. The molecule has 2 aliphatic heterocycles. The standard InChI is InChI=1S/C51H65F2N7O8S/c1-34(54-2)47(61)57-44(37-17-10-5-11-18-37)50(64)60-23-12-19-41(60)48(62)58-45(42(35-13-6-3-7-14-35)36-15-8-4-9-16-36)49(63)55-22-26-65-29-30-67-31-32-68-46-38(20-21-39(52)43(46)53)40-33-69-51(56-40)59-24-27-66-28-25-59/h3-4,6-9,13-16,20-21,33-34,37,41-42,44-45,54H,5,10-12,17-19,22-32H2,1-2H3,(H,55,63)(H,57,61)(H,58,62)/t34-,41-,44?,45-/m0/s1. The lowest BCUT2D eigenvalue weighted by atomic mass is 9.83. The molecular weight excluding hydrogens is 909 g/mol. The molecule has 69 heavy (non-hydrogen) atoms. The minimum absolute atomic E-state index is 0.0401. The molecule has 372 valence electrons. The smallest absolute Gasteiger partial charge is 0.246 e. The van der Waals surface area contributed by atoms with Gasteiger partial charge in [-0.3, -0.25) is 19.2 Å². The summed E-state index contributed by atoms with van der Waals surface area (Å²) in [6.45, 7) is 5.31. The van der Waals surface area contributed by atoms with Crippen LogP contribution in [-0.2, 0) is 33.4 Å². The number of halogens is 2. The molecular formula is C51H65F2N7O8S. The highest BCUT2D eigenvalue weighted by Crippen LogP contribution is 2.37. The van der Waals surface area contributed by atoms with Crippen LogP contribution in [0.4, 0.5) is 13.9 Å². The van der Waals surface area contributed by atoms with Gasteiger partial charge in [0.1, 0.15) is 24.7 Å². The summed E-state index contributed by atoms with van der Waals surface area (Å²) in [4.78, 5) is 64.8. The Morgan fingerprint density at radius 2 is 1.46 bits per heavy atom. The molecule has 4 aromatic rings. The van der Waals surface area contributed by atoms with Crippen molar-refractivity contribution in [3.05, 3.63) is 101 Å². The van der Waals surface area contributed by atoms with Gasteiger partial charge in [0.05, 0.1) is 51.4 Å². The highest BCUT2D eigenvalue weighted by Gasteiger charge is 2.43. The van der Waals surface area contributed by atoms with E-state index in [4.69, 9.17) is 18.9 Å². The summed E-state index contributed by atoms with van der Waals surface area (Å²) in [5.74, 6) is -4.40. The predicted molar refractivity (Wildman–Crippen MR) is 259 cm³/mol. The van der Waals surface area contributed by atoms with Gasteiger partial charge in [0, 0.05) is 43.0 Å². The maximum atomic E-state index is 15.0. The van der Waals surface area contributed by atoms with E-state index in [1.807, 2.05) is 60.7 Å². The lowest BCUT2D eigenvalue weighted by Gasteiger charge is -2.36. The van der Waals surface area contributed by atoms with E-state index in [-0.39, 0.29) is 63.1 Å². The minimum Gasteiger partial charge on any atom is -0.487 e. The van der Waals surface area contributed by atoms with Crippen LogP contribution in [0, 0.1) is 17.6 Å². The van der Waals surface area contributed by atoms with Crippen LogP contribution in [0.3, 0.4) is 0 Å². The molecule has 1 saturated carbocycles. The highest BCUT2D eigenvalue weighted by molar-refractivity contribution is 7.14. The lowest BCUT2D eigenvalue weighted by molar-refractivity contribution is -0.143. The summed E-state index contributed by atoms with van der Waals surface area (Å²) in [5, 5.41) is 14.6. The molecule has 0 bridgehead atoms. The zero-order valence-electron chi connectivity index (χ0n) is 39.5. The molecule has 3 heterocycles. The summed E-state index contributed by atoms with van der Waals surface area (Å²) >= 11 is 1.42. The summed E-state index contributed by atoms with van der Waals surface area (Å²) in [6.07, 6.45) is 5.66. The molecule has 4 atom stereocenters. The van der Waals surface area contributed by atoms with Crippen LogP contribution in [0.1, 0.15) is 68.9 Å². The van der Waals surface area contributed by atoms with Gasteiger partial charge in [0.2, 0.25) is 29.4 Å². The van der Waals surface area contributed by atoms with Gasteiger partial charge in [-0.1, -0.05) is 79.9 Å². The molecule has 1 aliphatic carbocycles. The second-order valence-electron chi connectivity index (χ2n) is 17.6. The maximum Gasteiger partial charge on any atom is 0.246 e. The number of rotatable bonds is 23. The number of morpholine rings is 1. The van der Waals surface area contributed by atoms with E-state index in [0.717, 1.165) is 54.4 Å². The molecule has 4 N–H and O–H groups in total. The van der Waals surface area contributed by atoms with Crippen LogP contribution < -0.4 is 30.9 Å². The van der Waals surface area contributed by atoms with Crippen LogP contribution in [0.15, 0.2) is 78.2 Å². The van der Waals surface area contributed by atoms with Crippen LogP contribution in [0.25, 0.3) is 11.3 Å². The van der Waals surface area contributed by atoms with Crippen molar-refractivity contribution in [2.24, 2.45) is 5.92 Å². The summed E-state index contributed by atoms with van der Waals surface area (Å²) in [7, 11) is 1.69. The number of amides is 4. The van der Waals surface area contributed by atoms with Crippen molar-refractivity contribution in [3.8, 4) is 17.0 Å². The second kappa shape index (κ2) is 25.9. The van der Waals surface area contributed by atoms with E-state index in [1.165, 1.54) is 17.4 Å². The van der Waals surface area contributed by atoms with Crippen LogP contribution >= 0.6 is 11.3 Å². The Bertz CT molecular complexity index is 2240. The van der Waals surface area contributed by atoms with Gasteiger partial charge < -0.3 is 50.0 Å². The van der Waals surface area contributed by atoms with Crippen LogP contribution in [0.2, 0.25) is 0 Å². The van der Waals surface area contributed by atoms with Crippen molar-refractivity contribution < 1.29 is 46.9 Å². The topological polar surface area (TPSA) is 173 Å². The third kappa shape index (κ3) is 13.6. The SMILES string of the molecule is CN[C@@H](C)C(=O)NC(C(=O)N1CCC[C@H]1C(=O)N[C@H](C(=O)NCCOCCOCCOc1c(-c2csc(N3CCOCC3)n2)ccc(F)c1F)C(c1ccccc1)c1ccccc1)C1CCCCC1. The summed E-state index contributed by atoms with van der Waals surface area (Å²) < 4.78 is 51.9. The third-order valence-corrected chi connectivity index (χ3v) is 14.0. The fourth-order valence-corrected chi connectivity index (χ4v) is 10.1. The number of carbonyl (C=O) groups excluding carboxylic acids is 4. The fourth-order valence-electron chi connectivity index (χ4n) is 9.23. The monoisotopic (exact) mass is 973 g/mol. The minimum atomic E-state index is -1.10. The largest absolute Gasteiger partial charge is 0.487 e. The Labute approximate surface area is 407 Å². The predicted octanol–water partition coefficient (Wildman–Crippen LogP) is 5.43. The van der Waals surface area contributed by atoms with E-state index < -0.39 is 53.5 Å². The van der Waals surface area contributed by atoms with Crippen molar-refractivity contribution >= 4 is 40.1 Å². The summed E-state index contributed by atoms with van der Waals surface area (Å²) in [5.41, 5.74) is 2.45. The van der Waals surface area contributed by atoms with E-state index in [0.29, 0.717) is 56.9 Å². The van der Waals surface area contributed by atoms with Gasteiger partial charge in [-0.2, -0.15) is 4.39 Å². The molecule has 0 radical (unpaired) electrons. The molecule has 4 amide bonds. The zero-order chi connectivity index (χ0) is 48.5. The summed E-state index contributed by atoms with van der Waals surface area (Å²) in [6, 6.07) is 18.4. The van der Waals surface area contributed by atoms with E-state index in [9.17, 15) is 23.6 Å². The van der Waals surface area contributed by atoms with Crippen molar-refractivity contribution in [2.45, 2.75) is 82.0 Å². The Balaban J connectivity index is 0.941. The van der Waals surface area contributed by atoms with Gasteiger partial charge in [0.15, 0.2) is 16.7 Å². The van der Waals surface area contributed by atoms with Gasteiger partial charge in [-0.15, -0.1) is 11.3 Å². The molecule has 3 fully saturated rings. The maximum absolute atomic E-state index is 15.0. The number of hydrogen-bond donors (Lipinski definition) is 4. The molecule has 2 saturated heterocycles. The molecule has 3 aliphatic rings. The van der Waals surface area contributed by atoms with E-state index >= 15 is 4.39 Å². The zero-order valence-corrected chi connectivity index (χ0v) is 40.3. The fraction of sp³-hybridized carbons (Fsp3) is 0.510. The normalized spacial score (nSPS) is 17.8. The molecule has 0 spiro atoms. The van der Waals surface area contributed by atoms with Crippen LogP contribution in [-0.4, -0.2) is 137 Å². The first-order chi connectivity index (χ1) is 33.6. The number of nitrogens with one attached hydrogen (secondary N) is 4. The van der Waals surface area contributed by atoms with Crippen LogP contribution in [0.5, 0.6) is 5.75 Å². The van der Waals surface area contributed by atoms with Crippen molar-refractivity contribution in [1.82, 2.24) is 31.2 Å². The number of thiazole rings is 1. The second-order valence-corrected chi connectivity index (χ2v) is 18.4. The lowest BCUT2D eigenvalue weighted by Crippen LogP contribution is -2.59. The van der Waals surface area contributed by atoms with Crippen molar-refractivity contribution in [1.29, 1.82) is 0 Å². The van der Waals surface area contributed by atoms with Crippen molar-refractivity contribution in [3.63, 3.8) is 0 Å². The Morgan fingerprint density at radius 3 is 2.14 bits per heavy atom. The van der Waals surface area contributed by atoms with Gasteiger partial charge in [-0.05, 0) is 68.8 Å². The van der Waals surface area contributed by atoms with E-state index in [1.54, 1.807) is 24.3 Å². The van der Waals surface area contributed by atoms with Gasteiger partial charge in [-0.25, -0.2) is 9.37 Å². The third-order valence-electron chi connectivity index (χ3n) is 13.1. The molecule has 3 aromatic carbocycles. The number of hydrogen-bond acceptors (Lipinski definition) is 12. The number of aromatic nitrogens is 1. The first kappa shape index (κ1) is 51.3. The quantitative estimate of drug-likeness (QED) is 0.0699. The molecule has 1 unspecified atom stereocenters. The first-order valence-electron chi connectivity index (χ1n) is 24.2. The molecule has 1 aromatic heterocycles. The molecule has 7 rings (SSSR count). The number of anilines is 1. The number of likely N-dealkylation sites (N-methyl/N-ethyl adjacent to an activating group) is 1. The first-order valence-corrected chi connectivity index (χ1v) is 25.0. The number of carbonyl (C=O) groups is 4. The van der Waals surface area contributed by atoms with Crippen molar-refractivity contribution in [2.75, 3.05) is 84.4 Å². The van der Waals surface area contributed by atoms with E-state index in [2.05, 4.69) is 31.2 Å².